The summed E-state index contributed by atoms with van der Waals surface area (Å²) in [6.45, 7) is 1.76. The van der Waals surface area contributed by atoms with Crippen LogP contribution in [0.1, 0.15) is 17.0 Å². The van der Waals surface area contributed by atoms with Gasteiger partial charge in [-0.25, -0.2) is 5.43 Å². The van der Waals surface area contributed by atoms with Crippen LogP contribution < -0.4 is 25.0 Å². The van der Waals surface area contributed by atoms with Crippen LogP contribution in [0.15, 0.2) is 48.5 Å². The van der Waals surface area contributed by atoms with Crippen LogP contribution in [0, 0.1) is 0 Å². The van der Waals surface area contributed by atoms with Crippen LogP contribution in [0.2, 0.25) is 0 Å². The van der Waals surface area contributed by atoms with E-state index in [1.165, 1.54) is 0 Å². The van der Waals surface area contributed by atoms with Crippen LogP contribution in [0.25, 0.3) is 5.70 Å². The molecule has 3 aliphatic rings. The number of hydrazine groups is 1. The summed E-state index contributed by atoms with van der Waals surface area (Å²) in [7, 11) is 1.65. The van der Waals surface area contributed by atoms with E-state index in [1.54, 1.807) is 18.2 Å². The van der Waals surface area contributed by atoms with Gasteiger partial charge in [-0.05, 0) is 35.9 Å². The largest absolute Gasteiger partial charge is 0.497 e. The van der Waals surface area contributed by atoms with E-state index in [2.05, 4.69) is 10.7 Å². The molecule has 2 N–H and O–H groups in total. The molecule has 5 rings (SSSR count). The summed E-state index contributed by atoms with van der Waals surface area (Å²) < 4.78 is 16.5. The van der Waals surface area contributed by atoms with Crippen molar-refractivity contribution in [1.82, 2.24) is 15.8 Å². The molecule has 2 atom stereocenters. The standard InChI is InChI=1S/C21H21N3O4/c1-26-15-5-2-13(3-6-15)16-12-22-24-20(25)11-17(23-21(16)24)14-4-7-18-19(10-14)28-9-8-27-18/h2-7,10-11,16,21-23H,8-9,12H2,1H3. The van der Waals surface area contributed by atoms with Crippen LogP contribution in [-0.4, -0.2) is 44.0 Å². The molecule has 0 aliphatic carbocycles. The zero-order valence-electron chi connectivity index (χ0n) is 15.5. The third kappa shape index (κ3) is 2.84. The van der Waals surface area contributed by atoms with Gasteiger partial charge in [0.05, 0.1) is 7.11 Å². The highest BCUT2D eigenvalue weighted by atomic mass is 16.6. The number of methoxy groups -OCH3 is 1. The van der Waals surface area contributed by atoms with Crippen molar-refractivity contribution in [2.75, 3.05) is 26.9 Å². The third-order valence-corrected chi connectivity index (χ3v) is 5.35. The molecule has 3 heterocycles. The number of fused-ring (bicyclic) bond motifs is 2. The number of hydrogen-bond acceptors (Lipinski definition) is 6. The average Bonchev–Trinajstić information content (AvgIpc) is 3.18. The zero-order valence-corrected chi connectivity index (χ0v) is 15.5. The molecule has 0 bridgehead atoms. The van der Waals surface area contributed by atoms with Crippen molar-refractivity contribution in [1.29, 1.82) is 0 Å². The van der Waals surface area contributed by atoms with E-state index in [9.17, 15) is 4.79 Å². The SMILES string of the molecule is COc1ccc(C2CNN3C(=O)C=C(c4ccc5c(c4)OCCO5)NC23)cc1. The van der Waals surface area contributed by atoms with E-state index in [0.29, 0.717) is 25.5 Å². The first-order valence-electron chi connectivity index (χ1n) is 9.32. The van der Waals surface area contributed by atoms with Gasteiger partial charge >= 0.3 is 0 Å². The minimum absolute atomic E-state index is 0.0651. The van der Waals surface area contributed by atoms with Crippen LogP contribution >= 0.6 is 0 Å². The average molecular weight is 379 g/mol. The number of nitrogens with one attached hydrogen (secondary N) is 2. The summed E-state index contributed by atoms with van der Waals surface area (Å²) in [5.41, 5.74) is 6.03. The van der Waals surface area contributed by atoms with E-state index < -0.39 is 0 Å². The van der Waals surface area contributed by atoms with Crippen molar-refractivity contribution in [3.63, 3.8) is 0 Å². The molecule has 7 nitrogen and oxygen atoms in total. The number of carbonyl (C=O) groups is 1. The lowest BCUT2D eigenvalue weighted by molar-refractivity contribution is -0.130. The van der Waals surface area contributed by atoms with E-state index in [1.807, 2.05) is 42.5 Å². The Morgan fingerprint density at radius 1 is 1.07 bits per heavy atom. The summed E-state index contributed by atoms with van der Waals surface area (Å²) in [4.78, 5) is 12.7. The Balaban J connectivity index is 1.43. The van der Waals surface area contributed by atoms with Crippen molar-refractivity contribution in [2.24, 2.45) is 0 Å². The number of rotatable bonds is 3. The first-order valence-corrected chi connectivity index (χ1v) is 9.32. The summed E-state index contributed by atoms with van der Waals surface area (Å²) in [5.74, 6) is 2.31. The van der Waals surface area contributed by atoms with Gasteiger partial charge in [-0.1, -0.05) is 12.1 Å². The Labute approximate surface area is 162 Å². The molecule has 1 saturated heterocycles. The number of amides is 1. The van der Waals surface area contributed by atoms with Crippen LogP contribution in [-0.2, 0) is 4.79 Å². The Morgan fingerprint density at radius 3 is 2.64 bits per heavy atom. The molecule has 0 saturated carbocycles. The highest BCUT2D eigenvalue weighted by Gasteiger charge is 2.40. The molecule has 1 amide bonds. The fourth-order valence-electron chi connectivity index (χ4n) is 3.89. The number of carbonyl (C=O) groups excluding carboxylic acids is 1. The normalized spacial score (nSPS) is 23.0. The van der Waals surface area contributed by atoms with E-state index in [4.69, 9.17) is 14.2 Å². The minimum atomic E-state index is -0.172. The lowest BCUT2D eigenvalue weighted by Crippen LogP contribution is -2.52. The van der Waals surface area contributed by atoms with Gasteiger partial charge in [0.25, 0.3) is 5.91 Å². The van der Waals surface area contributed by atoms with Gasteiger partial charge in [0.2, 0.25) is 0 Å². The lowest BCUT2D eigenvalue weighted by Gasteiger charge is -2.33. The third-order valence-electron chi connectivity index (χ3n) is 5.35. The number of benzene rings is 2. The molecule has 28 heavy (non-hydrogen) atoms. The molecular formula is C21H21N3O4. The maximum absolute atomic E-state index is 12.7. The number of nitrogens with zero attached hydrogens (tertiary/aromatic N) is 1. The van der Waals surface area contributed by atoms with E-state index >= 15 is 0 Å². The van der Waals surface area contributed by atoms with E-state index in [0.717, 1.165) is 28.3 Å². The van der Waals surface area contributed by atoms with Crippen molar-refractivity contribution < 1.29 is 19.0 Å². The first-order chi connectivity index (χ1) is 13.7. The monoisotopic (exact) mass is 379 g/mol. The predicted octanol–water partition coefficient (Wildman–Crippen LogP) is 1.87. The first kappa shape index (κ1) is 16.9. The fourth-order valence-corrected chi connectivity index (χ4v) is 3.89. The van der Waals surface area contributed by atoms with Gasteiger partial charge in [-0.3, -0.25) is 9.80 Å². The molecule has 2 aromatic carbocycles. The van der Waals surface area contributed by atoms with E-state index in [-0.39, 0.29) is 18.0 Å². The molecule has 2 unspecified atom stereocenters. The molecule has 0 spiro atoms. The topological polar surface area (TPSA) is 72.1 Å². The summed E-state index contributed by atoms with van der Waals surface area (Å²) in [5, 5.41) is 5.19. The van der Waals surface area contributed by atoms with Crippen molar-refractivity contribution in [2.45, 2.75) is 12.1 Å². The second-order valence-electron chi connectivity index (χ2n) is 6.96. The molecule has 0 aromatic heterocycles. The maximum atomic E-state index is 12.7. The van der Waals surface area contributed by atoms with Crippen LogP contribution in [0.4, 0.5) is 0 Å². The molecule has 2 aromatic rings. The van der Waals surface area contributed by atoms with Gasteiger partial charge in [-0.2, -0.15) is 0 Å². The Hall–Kier alpha value is -3.19. The molecule has 0 radical (unpaired) electrons. The second-order valence-corrected chi connectivity index (χ2v) is 6.96. The molecule has 3 aliphatic heterocycles. The fraction of sp³-hybridized carbons (Fsp3) is 0.286. The second kappa shape index (κ2) is 6.76. The van der Waals surface area contributed by atoms with Crippen LogP contribution in [0.3, 0.4) is 0 Å². The van der Waals surface area contributed by atoms with Crippen molar-refractivity contribution >= 4 is 11.6 Å². The maximum Gasteiger partial charge on any atom is 0.264 e. The van der Waals surface area contributed by atoms with Gasteiger partial charge in [0.1, 0.15) is 25.1 Å². The minimum Gasteiger partial charge on any atom is -0.497 e. The highest BCUT2D eigenvalue weighted by molar-refractivity contribution is 5.97. The number of hydrogen-bond donors (Lipinski definition) is 2. The summed E-state index contributed by atoms with van der Waals surface area (Å²) in [6, 6.07) is 13.7. The van der Waals surface area contributed by atoms with Gasteiger partial charge in [0, 0.05) is 29.8 Å². The Morgan fingerprint density at radius 2 is 1.86 bits per heavy atom. The number of ether oxygens (including phenoxy) is 3. The van der Waals surface area contributed by atoms with Crippen molar-refractivity contribution in [3.8, 4) is 17.2 Å². The molecule has 1 fully saturated rings. The Bertz CT molecular complexity index is 941. The van der Waals surface area contributed by atoms with Gasteiger partial charge in [0.15, 0.2) is 11.5 Å². The van der Waals surface area contributed by atoms with Crippen LogP contribution in [0.5, 0.6) is 17.2 Å². The predicted molar refractivity (Wildman–Crippen MR) is 103 cm³/mol. The highest BCUT2D eigenvalue weighted by Crippen LogP contribution is 2.35. The molecule has 7 heteroatoms. The Kier molecular flexibility index (Phi) is 4.09. The van der Waals surface area contributed by atoms with Gasteiger partial charge < -0.3 is 19.5 Å². The smallest absolute Gasteiger partial charge is 0.264 e. The van der Waals surface area contributed by atoms with Gasteiger partial charge in [-0.15, -0.1) is 0 Å². The quantitative estimate of drug-likeness (QED) is 0.848. The zero-order chi connectivity index (χ0) is 19.1. The summed E-state index contributed by atoms with van der Waals surface area (Å²) in [6.07, 6.45) is 1.44. The lowest BCUT2D eigenvalue weighted by atomic mass is 9.95. The molecule has 144 valence electrons. The van der Waals surface area contributed by atoms with Crippen molar-refractivity contribution in [3.05, 3.63) is 59.7 Å². The summed E-state index contributed by atoms with van der Waals surface area (Å²) >= 11 is 0. The molecular weight excluding hydrogens is 358 g/mol.